The Kier molecular flexibility index (Phi) is 7.94. The summed E-state index contributed by atoms with van der Waals surface area (Å²) in [6.45, 7) is 10.2. The topological polar surface area (TPSA) is 42.0 Å². The van der Waals surface area contributed by atoms with Crippen molar-refractivity contribution in [2.45, 2.75) is 47.0 Å². The third-order valence-corrected chi connectivity index (χ3v) is 5.50. The van der Waals surface area contributed by atoms with Crippen molar-refractivity contribution in [2.24, 2.45) is 5.41 Å². The van der Waals surface area contributed by atoms with E-state index >= 15 is 0 Å². The average molecular weight is 395 g/mol. The number of rotatable bonds is 6. The minimum absolute atomic E-state index is 0.0270. The van der Waals surface area contributed by atoms with Crippen LogP contribution < -0.4 is 5.32 Å². The number of nitrogens with zero attached hydrogens (tertiary/aromatic N) is 1. The van der Waals surface area contributed by atoms with E-state index in [0.29, 0.717) is 5.13 Å². The van der Waals surface area contributed by atoms with E-state index in [2.05, 4.69) is 53.6 Å². The summed E-state index contributed by atoms with van der Waals surface area (Å²) in [6, 6.07) is 18.8. The predicted molar refractivity (Wildman–Crippen MR) is 120 cm³/mol. The molecule has 2 aromatic carbocycles. The molecular weight excluding hydrogens is 364 g/mol. The van der Waals surface area contributed by atoms with Gasteiger partial charge in [0, 0.05) is 17.5 Å². The van der Waals surface area contributed by atoms with Crippen LogP contribution in [0.5, 0.6) is 0 Å². The van der Waals surface area contributed by atoms with Crippen LogP contribution in [0, 0.1) is 5.41 Å². The lowest BCUT2D eigenvalue weighted by Crippen LogP contribution is -2.37. The lowest BCUT2D eigenvalue weighted by Gasteiger charge is -2.34. The fourth-order valence-electron chi connectivity index (χ4n) is 3.29. The van der Waals surface area contributed by atoms with Crippen LogP contribution in [0.15, 0.2) is 66.2 Å². The number of anilines is 1. The molecule has 3 rings (SSSR count). The van der Waals surface area contributed by atoms with Crippen molar-refractivity contribution in [3.63, 3.8) is 0 Å². The first-order chi connectivity index (χ1) is 13.5. The number of aromatic nitrogens is 1. The molecule has 0 bridgehead atoms. The smallest absolute Gasteiger partial charge is 0.232 e. The Bertz CT molecular complexity index is 840. The SMILES string of the molecule is CC.CCc1ccc(C(c2ccccc2)C(C)(C)C(=O)Nc2nccs2)cc1. The Balaban J connectivity index is 0.00000136. The maximum Gasteiger partial charge on any atom is 0.232 e. The summed E-state index contributed by atoms with van der Waals surface area (Å²) in [6.07, 6.45) is 2.70. The summed E-state index contributed by atoms with van der Waals surface area (Å²) in [5, 5.41) is 5.47. The Hall–Kier alpha value is -2.46. The van der Waals surface area contributed by atoms with E-state index in [1.165, 1.54) is 16.9 Å². The quantitative estimate of drug-likeness (QED) is 0.516. The van der Waals surface area contributed by atoms with Gasteiger partial charge in [-0.1, -0.05) is 89.2 Å². The average Bonchev–Trinajstić information content (AvgIpc) is 3.24. The molecule has 0 aliphatic heterocycles. The molecule has 1 heterocycles. The van der Waals surface area contributed by atoms with Crippen molar-refractivity contribution in [2.75, 3.05) is 5.32 Å². The molecule has 0 aliphatic rings. The summed E-state index contributed by atoms with van der Waals surface area (Å²) in [5.74, 6) is -0.0737. The van der Waals surface area contributed by atoms with E-state index < -0.39 is 5.41 Å². The second-order valence-corrected chi connectivity index (χ2v) is 7.85. The molecular formula is C24H30N2OS. The number of benzene rings is 2. The lowest BCUT2D eigenvalue weighted by atomic mass is 9.70. The summed E-state index contributed by atoms with van der Waals surface area (Å²) in [5.41, 5.74) is 2.94. The van der Waals surface area contributed by atoms with Crippen LogP contribution >= 0.6 is 11.3 Å². The summed E-state index contributed by atoms with van der Waals surface area (Å²) >= 11 is 1.43. The predicted octanol–water partition coefficient (Wildman–Crippen LogP) is 6.53. The fourth-order valence-corrected chi connectivity index (χ4v) is 3.82. The fraction of sp³-hybridized carbons (Fsp3) is 0.333. The first kappa shape index (κ1) is 21.8. The molecule has 3 aromatic rings. The van der Waals surface area contributed by atoms with Crippen molar-refractivity contribution < 1.29 is 4.79 Å². The molecule has 0 spiro atoms. The van der Waals surface area contributed by atoms with Gasteiger partial charge in [0.1, 0.15) is 0 Å². The molecule has 1 unspecified atom stereocenters. The number of aryl methyl sites for hydroxylation is 1. The summed E-state index contributed by atoms with van der Waals surface area (Å²) < 4.78 is 0. The van der Waals surface area contributed by atoms with Gasteiger partial charge in [0.15, 0.2) is 5.13 Å². The molecule has 28 heavy (non-hydrogen) atoms. The highest BCUT2D eigenvalue weighted by Crippen LogP contribution is 2.42. The monoisotopic (exact) mass is 394 g/mol. The van der Waals surface area contributed by atoms with Crippen molar-refractivity contribution >= 4 is 22.4 Å². The standard InChI is InChI=1S/C22H24N2OS.C2H6/c1-4-16-10-12-18(13-11-16)19(17-8-6-5-7-9-17)22(2,3)20(25)24-21-23-14-15-26-21;1-2/h5-15,19H,4H2,1-3H3,(H,23,24,25);1-2H3. The minimum Gasteiger partial charge on any atom is -0.301 e. The van der Waals surface area contributed by atoms with Gasteiger partial charge in [-0.3, -0.25) is 4.79 Å². The summed E-state index contributed by atoms with van der Waals surface area (Å²) in [7, 11) is 0. The second kappa shape index (κ2) is 10.2. The maximum atomic E-state index is 13.1. The normalized spacial score (nSPS) is 11.9. The first-order valence-electron chi connectivity index (χ1n) is 9.87. The van der Waals surface area contributed by atoms with Gasteiger partial charge >= 0.3 is 0 Å². The number of carbonyl (C=O) groups is 1. The van der Waals surface area contributed by atoms with Crippen LogP contribution in [0.1, 0.15) is 57.2 Å². The Morgan fingerprint density at radius 3 is 2.18 bits per heavy atom. The summed E-state index contributed by atoms with van der Waals surface area (Å²) in [4.78, 5) is 17.3. The van der Waals surface area contributed by atoms with Gasteiger partial charge in [-0.25, -0.2) is 4.98 Å². The Labute approximate surface area is 172 Å². The molecule has 3 nitrogen and oxygen atoms in total. The first-order valence-corrected chi connectivity index (χ1v) is 10.7. The van der Waals surface area contributed by atoms with Gasteiger partial charge in [0.2, 0.25) is 5.91 Å². The number of hydrogen-bond donors (Lipinski definition) is 1. The van der Waals surface area contributed by atoms with E-state index in [1.807, 2.05) is 51.3 Å². The van der Waals surface area contributed by atoms with Crippen molar-refractivity contribution in [3.8, 4) is 0 Å². The lowest BCUT2D eigenvalue weighted by molar-refractivity contribution is -0.124. The minimum atomic E-state index is -0.638. The highest BCUT2D eigenvalue weighted by molar-refractivity contribution is 7.13. The molecule has 0 aliphatic carbocycles. The van der Waals surface area contributed by atoms with Gasteiger partial charge in [-0.15, -0.1) is 11.3 Å². The largest absolute Gasteiger partial charge is 0.301 e. The highest BCUT2D eigenvalue weighted by Gasteiger charge is 2.39. The Morgan fingerprint density at radius 2 is 1.64 bits per heavy atom. The van der Waals surface area contributed by atoms with Crippen LogP contribution in [0.2, 0.25) is 0 Å². The molecule has 4 heteroatoms. The number of nitrogens with one attached hydrogen (secondary N) is 1. The zero-order valence-electron chi connectivity index (χ0n) is 17.4. The van der Waals surface area contributed by atoms with Gasteiger partial charge in [0.25, 0.3) is 0 Å². The highest BCUT2D eigenvalue weighted by atomic mass is 32.1. The van der Waals surface area contributed by atoms with E-state index in [-0.39, 0.29) is 11.8 Å². The number of hydrogen-bond acceptors (Lipinski definition) is 3. The van der Waals surface area contributed by atoms with Gasteiger partial charge < -0.3 is 5.32 Å². The van der Waals surface area contributed by atoms with E-state index in [1.54, 1.807) is 6.20 Å². The Morgan fingerprint density at radius 1 is 1.04 bits per heavy atom. The maximum absolute atomic E-state index is 13.1. The van der Waals surface area contributed by atoms with Crippen LogP contribution in [-0.4, -0.2) is 10.9 Å². The van der Waals surface area contributed by atoms with E-state index in [9.17, 15) is 4.79 Å². The van der Waals surface area contributed by atoms with Crippen molar-refractivity contribution in [1.82, 2.24) is 4.98 Å². The molecule has 1 atom stereocenters. The zero-order chi connectivity index (χ0) is 20.6. The molecule has 1 amide bonds. The van der Waals surface area contributed by atoms with Crippen LogP contribution in [-0.2, 0) is 11.2 Å². The molecule has 0 saturated carbocycles. The molecule has 0 fully saturated rings. The molecule has 0 radical (unpaired) electrons. The molecule has 1 aromatic heterocycles. The van der Waals surface area contributed by atoms with Crippen molar-refractivity contribution in [3.05, 3.63) is 82.9 Å². The number of amides is 1. The van der Waals surface area contributed by atoms with Gasteiger partial charge in [0.05, 0.1) is 5.41 Å². The number of carbonyl (C=O) groups excluding carboxylic acids is 1. The van der Waals surface area contributed by atoms with Gasteiger partial charge in [-0.2, -0.15) is 0 Å². The molecule has 148 valence electrons. The van der Waals surface area contributed by atoms with Gasteiger partial charge in [-0.05, 0) is 23.1 Å². The van der Waals surface area contributed by atoms with Crippen molar-refractivity contribution in [1.29, 1.82) is 0 Å². The van der Waals surface area contributed by atoms with E-state index in [4.69, 9.17) is 0 Å². The van der Waals surface area contributed by atoms with E-state index in [0.717, 1.165) is 17.5 Å². The van der Waals surface area contributed by atoms with Crippen LogP contribution in [0.3, 0.4) is 0 Å². The molecule has 1 N–H and O–H groups in total. The molecule has 0 saturated heterocycles. The zero-order valence-corrected chi connectivity index (χ0v) is 18.2. The second-order valence-electron chi connectivity index (χ2n) is 6.95. The number of thiazole rings is 1. The third-order valence-electron chi connectivity index (χ3n) is 4.81. The third kappa shape index (κ3) is 5.08. The van der Waals surface area contributed by atoms with Crippen LogP contribution in [0.4, 0.5) is 5.13 Å². The van der Waals surface area contributed by atoms with Crippen LogP contribution in [0.25, 0.3) is 0 Å².